The summed E-state index contributed by atoms with van der Waals surface area (Å²) in [7, 11) is 0. The number of nitrogens with two attached hydrogens (primary N) is 1. The van der Waals surface area contributed by atoms with Crippen molar-refractivity contribution in [3.05, 3.63) is 23.4 Å². The first-order chi connectivity index (χ1) is 7.79. The first-order valence-electron chi connectivity index (χ1n) is 6.12. The molecule has 1 aromatic rings. The Kier molecular flexibility index (Phi) is 4.24. The lowest BCUT2D eigenvalue weighted by molar-refractivity contribution is 0.886. The van der Waals surface area contributed by atoms with E-state index in [0.717, 1.165) is 11.7 Å². The van der Waals surface area contributed by atoms with Gasteiger partial charge in [-0.2, -0.15) is 0 Å². The van der Waals surface area contributed by atoms with Crippen LogP contribution in [0.4, 0.5) is 0 Å². The number of aromatic nitrogens is 1. The fourth-order valence-electron chi connectivity index (χ4n) is 2.21. The highest BCUT2D eigenvalue weighted by Crippen LogP contribution is 2.35. The van der Waals surface area contributed by atoms with Crippen molar-refractivity contribution in [2.75, 3.05) is 6.54 Å². The van der Waals surface area contributed by atoms with Gasteiger partial charge in [-0.05, 0) is 43.9 Å². The van der Waals surface area contributed by atoms with Crippen LogP contribution in [0.1, 0.15) is 36.8 Å². The van der Waals surface area contributed by atoms with Gasteiger partial charge in [0.25, 0.3) is 0 Å². The van der Waals surface area contributed by atoms with E-state index in [4.69, 9.17) is 5.73 Å². The fraction of sp³-hybridized carbons (Fsp3) is 0.615. The summed E-state index contributed by atoms with van der Waals surface area (Å²) in [6.07, 6.45) is 8.41. The summed E-state index contributed by atoms with van der Waals surface area (Å²) in [4.78, 5) is 4.57. The maximum Gasteiger partial charge on any atom is 0.0991 e. The van der Waals surface area contributed by atoms with Crippen molar-refractivity contribution in [3.63, 3.8) is 0 Å². The second-order valence-electron chi connectivity index (χ2n) is 4.53. The Morgan fingerprint density at radius 3 is 2.81 bits per heavy atom. The van der Waals surface area contributed by atoms with Crippen LogP contribution in [0, 0.1) is 6.92 Å². The summed E-state index contributed by atoms with van der Waals surface area (Å²) in [5.41, 5.74) is 8.12. The molecule has 3 heteroatoms. The average Bonchev–Trinajstić information content (AvgIpc) is 2.75. The van der Waals surface area contributed by atoms with Gasteiger partial charge in [-0.25, -0.2) is 4.98 Å². The molecule has 0 aromatic carbocycles. The van der Waals surface area contributed by atoms with Gasteiger partial charge in [0.1, 0.15) is 0 Å². The number of rotatable bonds is 4. The zero-order valence-corrected chi connectivity index (χ0v) is 10.7. The van der Waals surface area contributed by atoms with E-state index in [-0.39, 0.29) is 0 Å². The fourth-order valence-corrected chi connectivity index (χ4v) is 3.45. The Morgan fingerprint density at radius 2 is 2.19 bits per heavy atom. The Morgan fingerprint density at radius 1 is 1.44 bits per heavy atom. The molecular formula is C13H20N2S. The van der Waals surface area contributed by atoms with Gasteiger partial charge in [-0.3, -0.25) is 0 Å². The van der Waals surface area contributed by atoms with E-state index in [0.29, 0.717) is 6.54 Å². The third-order valence-electron chi connectivity index (χ3n) is 3.10. The van der Waals surface area contributed by atoms with Crippen LogP contribution in [-0.4, -0.2) is 16.8 Å². The van der Waals surface area contributed by atoms with Crippen LogP contribution in [0.3, 0.4) is 0 Å². The Hall–Kier alpha value is -0.540. The zero-order chi connectivity index (χ0) is 11.4. The minimum absolute atomic E-state index is 0.705. The largest absolute Gasteiger partial charge is 0.330 e. The Bertz CT molecular complexity index is 346. The van der Waals surface area contributed by atoms with Crippen LogP contribution >= 0.6 is 11.8 Å². The quantitative estimate of drug-likeness (QED) is 0.873. The molecule has 0 radical (unpaired) electrons. The molecule has 88 valence electrons. The number of thioether (sulfide) groups is 1. The number of hydrogen-bond acceptors (Lipinski definition) is 3. The van der Waals surface area contributed by atoms with Gasteiger partial charge in [0.2, 0.25) is 0 Å². The molecule has 2 nitrogen and oxygen atoms in total. The highest BCUT2D eigenvalue weighted by molar-refractivity contribution is 7.99. The topological polar surface area (TPSA) is 38.9 Å². The third-order valence-corrected chi connectivity index (χ3v) is 4.56. The first kappa shape index (κ1) is 11.9. The van der Waals surface area contributed by atoms with Crippen molar-refractivity contribution < 1.29 is 0 Å². The molecule has 1 fully saturated rings. The SMILES string of the molecule is Cc1cc(CCN)cnc1SC1CCCC1. The maximum absolute atomic E-state index is 5.55. The van der Waals surface area contributed by atoms with Gasteiger partial charge in [-0.1, -0.05) is 18.9 Å². The van der Waals surface area contributed by atoms with Crippen molar-refractivity contribution >= 4 is 11.8 Å². The Balaban J connectivity index is 2.03. The summed E-state index contributed by atoms with van der Waals surface area (Å²) in [5.74, 6) is 0. The predicted octanol–water partition coefficient (Wildman–Crippen LogP) is 2.93. The van der Waals surface area contributed by atoms with E-state index in [1.165, 1.54) is 41.8 Å². The summed E-state index contributed by atoms with van der Waals surface area (Å²) in [5, 5.41) is 2.01. The summed E-state index contributed by atoms with van der Waals surface area (Å²) in [6.45, 7) is 2.86. The lowest BCUT2D eigenvalue weighted by atomic mass is 10.2. The molecule has 2 N–H and O–H groups in total. The Labute approximate surface area is 102 Å². The van der Waals surface area contributed by atoms with Crippen LogP contribution in [0.2, 0.25) is 0 Å². The highest BCUT2D eigenvalue weighted by atomic mass is 32.2. The van der Waals surface area contributed by atoms with Crippen molar-refractivity contribution in [3.8, 4) is 0 Å². The van der Waals surface area contributed by atoms with E-state index < -0.39 is 0 Å². The molecule has 0 atom stereocenters. The van der Waals surface area contributed by atoms with E-state index in [1.807, 2.05) is 18.0 Å². The second kappa shape index (κ2) is 5.69. The molecule has 1 heterocycles. The van der Waals surface area contributed by atoms with Crippen molar-refractivity contribution in [2.45, 2.75) is 49.3 Å². The molecule has 0 spiro atoms. The van der Waals surface area contributed by atoms with Crippen LogP contribution < -0.4 is 5.73 Å². The molecule has 0 bridgehead atoms. The minimum atomic E-state index is 0.705. The number of nitrogens with zero attached hydrogens (tertiary/aromatic N) is 1. The third kappa shape index (κ3) is 2.98. The molecule has 0 unspecified atom stereocenters. The standard InChI is InChI=1S/C13H20N2S/c1-10-8-11(6-7-14)9-15-13(10)16-12-4-2-3-5-12/h8-9,12H,2-7,14H2,1H3. The summed E-state index contributed by atoms with van der Waals surface area (Å²) < 4.78 is 0. The van der Waals surface area contributed by atoms with Gasteiger partial charge < -0.3 is 5.73 Å². The normalized spacial score (nSPS) is 16.9. The van der Waals surface area contributed by atoms with E-state index in [2.05, 4.69) is 18.0 Å². The first-order valence-corrected chi connectivity index (χ1v) is 7.00. The maximum atomic E-state index is 5.55. The van der Waals surface area contributed by atoms with Gasteiger partial charge >= 0.3 is 0 Å². The molecule has 1 aliphatic rings. The molecular weight excluding hydrogens is 216 g/mol. The lowest BCUT2D eigenvalue weighted by Crippen LogP contribution is -2.04. The van der Waals surface area contributed by atoms with E-state index in [9.17, 15) is 0 Å². The van der Waals surface area contributed by atoms with Crippen LogP contribution in [0.25, 0.3) is 0 Å². The number of aryl methyl sites for hydroxylation is 1. The molecule has 1 saturated carbocycles. The highest BCUT2D eigenvalue weighted by Gasteiger charge is 2.17. The molecule has 0 saturated heterocycles. The molecule has 2 rings (SSSR count). The molecule has 0 aliphatic heterocycles. The van der Waals surface area contributed by atoms with Crippen LogP contribution in [0.15, 0.2) is 17.3 Å². The van der Waals surface area contributed by atoms with Crippen molar-refractivity contribution in [1.82, 2.24) is 4.98 Å². The van der Waals surface area contributed by atoms with Gasteiger partial charge in [0.15, 0.2) is 0 Å². The number of pyridine rings is 1. The van der Waals surface area contributed by atoms with Crippen LogP contribution in [-0.2, 0) is 6.42 Å². The van der Waals surface area contributed by atoms with Gasteiger partial charge in [-0.15, -0.1) is 11.8 Å². The van der Waals surface area contributed by atoms with Crippen LogP contribution in [0.5, 0.6) is 0 Å². The monoisotopic (exact) mass is 236 g/mol. The zero-order valence-electron chi connectivity index (χ0n) is 9.91. The summed E-state index contributed by atoms with van der Waals surface area (Å²) in [6, 6.07) is 2.23. The second-order valence-corrected chi connectivity index (χ2v) is 5.82. The smallest absolute Gasteiger partial charge is 0.0991 e. The molecule has 1 aliphatic carbocycles. The number of hydrogen-bond donors (Lipinski definition) is 1. The van der Waals surface area contributed by atoms with Crippen molar-refractivity contribution in [2.24, 2.45) is 5.73 Å². The average molecular weight is 236 g/mol. The summed E-state index contributed by atoms with van der Waals surface area (Å²) >= 11 is 1.96. The minimum Gasteiger partial charge on any atom is -0.330 e. The predicted molar refractivity (Wildman–Crippen MR) is 69.8 cm³/mol. The molecule has 16 heavy (non-hydrogen) atoms. The molecule has 0 amide bonds. The molecule has 1 aromatic heterocycles. The van der Waals surface area contributed by atoms with Crippen molar-refractivity contribution in [1.29, 1.82) is 0 Å². The van der Waals surface area contributed by atoms with Gasteiger partial charge in [0.05, 0.1) is 5.03 Å². The van der Waals surface area contributed by atoms with Gasteiger partial charge in [0, 0.05) is 11.4 Å². The van der Waals surface area contributed by atoms with E-state index in [1.54, 1.807) is 0 Å². The van der Waals surface area contributed by atoms with E-state index >= 15 is 0 Å². The lowest BCUT2D eigenvalue weighted by Gasteiger charge is -2.11.